The number of amides is 1. The van der Waals surface area contributed by atoms with Crippen molar-refractivity contribution in [1.82, 2.24) is 9.88 Å². The summed E-state index contributed by atoms with van der Waals surface area (Å²) in [6.45, 7) is 1.32. The van der Waals surface area contributed by atoms with Gasteiger partial charge in [0.25, 0.3) is 5.91 Å². The number of para-hydroxylation sites is 1. The quantitative estimate of drug-likeness (QED) is 0.786. The molecular weight excluding hydrogens is 276 g/mol. The van der Waals surface area contributed by atoms with Crippen LogP contribution in [0.1, 0.15) is 10.4 Å². The molecule has 0 saturated carbocycles. The Morgan fingerprint density at radius 2 is 2.00 bits per heavy atom. The summed E-state index contributed by atoms with van der Waals surface area (Å²) in [6, 6.07) is 17.4. The number of ether oxygens (including phenoxy) is 1. The van der Waals surface area contributed by atoms with Gasteiger partial charge in [0.2, 0.25) is 0 Å². The van der Waals surface area contributed by atoms with Gasteiger partial charge in [-0.05, 0) is 35.7 Å². The summed E-state index contributed by atoms with van der Waals surface area (Å²) in [7, 11) is 1.59. The number of methoxy groups -OCH3 is 1. The fourth-order valence-corrected chi connectivity index (χ4v) is 2.49. The van der Waals surface area contributed by atoms with Crippen molar-refractivity contribution in [2.45, 2.75) is 6.54 Å². The molecule has 1 N–H and O–H groups in total. The monoisotopic (exact) mass is 294 g/mol. The first-order valence-corrected chi connectivity index (χ1v) is 7.24. The van der Waals surface area contributed by atoms with Crippen LogP contribution in [0.15, 0.2) is 60.8 Å². The van der Waals surface area contributed by atoms with Crippen LogP contribution < -0.4 is 10.1 Å². The lowest BCUT2D eigenvalue weighted by Gasteiger charge is -2.08. The van der Waals surface area contributed by atoms with E-state index in [4.69, 9.17) is 4.74 Å². The second kappa shape index (κ2) is 6.35. The fourth-order valence-electron chi connectivity index (χ4n) is 2.49. The summed E-state index contributed by atoms with van der Waals surface area (Å²) >= 11 is 0. The van der Waals surface area contributed by atoms with Crippen molar-refractivity contribution in [3.8, 4) is 5.75 Å². The van der Waals surface area contributed by atoms with Crippen LogP contribution in [-0.2, 0) is 6.54 Å². The first-order chi connectivity index (χ1) is 10.8. The highest BCUT2D eigenvalue weighted by Gasteiger charge is 2.06. The van der Waals surface area contributed by atoms with Gasteiger partial charge in [0, 0.05) is 30.4 Å². The van der Waals surface area contributed by atoms with Crippen molar-refractivity contribution in [3.63, 3.8) is 0 Å². The molecule has 0 aliphatic carbocycles. The average molecular weight is 294 g/mol. The summed E-state index contributed by atoms with van der Waals surface area (Å²) in [5, 5.41) is 4.15. The van der Waals surface area contributed by atoms with Crippen LogP contribution in [0.25, 0.3) is 10.9 Å². The standard InChI is InChI=1S/C18H18N2O2/c1-22-16-7-4-6-15(13-16)18(21)19-10-12-20-11-9-14-5-2-3-8-17(14)20/h2-9,11,13H,10,12H2,1H3,(H,19,21). The van der Waals surface area contributed by atoms with Crippen molar-refractivity contribution in [2.75, 3.05) is 13.7 Å². The third-order valence-corrected chi connectivity index (χ3v) is 3.65. The number of nitrogens with zero attached hydrogens (tertiary/aromatic N) is 1. The number of benzene rings is 2. The van der Waals surface area contributed by atoms with E-state index in [0.29, 0.717) is 17.9 Å². The topological polar surface area (TPSA) is 43.3 Å². The van der Waals surface area contributed by atoms with Gasteiger partial charge in [-0.25, -0.2) is 0 Å². The number of hydrogen-bond acceptors (Lipinski definition) is 2. The Balaban J connectivity index is 1.61. The molecule has 3 rings (SSSR count). The average Bonchev–Trinajstić information content (AvgIpc) is 2.98. The molecule has 1 aromatic heterocycles. The van der Waals surface area contributed by atoms with Gasteiger partial charge in [-0.3, -0.25) is 4.79 Å². The first-order valence-electron chi connectivity index (χ1n) is 7.24. The van der Waals surface area contributed by atoms with Gasteiger partial charge in [-0.2, -0.15) is 0 Å². The molecule has 0 spiro atoms. The third-order valence-electron chi connectivity index (χ3n) is 3.65. The third kappa shape index (κ3) is 2.96. The number of fused-ring (bicyclic) bond motifs is 1. The van der Waals surface area contributed by atoms with Crippen molar-refractivity contribution >= 4 is 16.8 Å². The van der Waals surface area contributed by atoms with E-state index in [0.717, 1.165) is 6.54 Å². The maximum absolute atomic E-state index is 12.1. The van der Waals surface area contributed by atoms with E-state index in [1.807, 2.05) is 30.5 Å². The summed E-state index contributed by atoms with van der Waals surface area (Å²) in [5.74, 6) is 0.597. The van der Waals surface area contributed by atoms with Crippen LogP contribution in [0.3, 0.4) is 0 Å². The summed E-state index contributed by atoms with van der Waals surface area (Å²) in [6.07, 6.45) is 2.04. The van der Waals surface area contributed by atoms with Crippen LogP contribution in [0.2, 0.25) is 0 Å². The number of aromatic nitrogens is 1. The lowest BCUT2D eigenvalue weighted by atomic mass is 10.2. The molecule has 22 heavy (non-hydrogen) atoms. The van der Waals surface area contributed by atoms with E-state index in [2.05, 4.69) is 28.1 Å². The van der Waals surface area contributed by atoms with Crippen molar-refractivity contribution in [2.24, 2.45) is 0 Å². The minimum atomic E-state index is -0.0876. The van der Waals surface area contributed by atoms with Crippen LogP contribution in [0.4, 0.5) is 0 Å². The Labute approximate surface area is 129 Å². The first kappa shape index (κ1) is 14.2. The SMILES string of the molecule is COc1cccc(C(=O)NCCn2ccc3ccccc32)c1. The fraction of sp³-hybridized carbons (Fsp3) is 0.167. The lowest BCUT2D eigenvalue weighted by molar-refractivity contribution is 0.0952. The Kier molecular flexibility index (Phi) is 4.10. The number of nitrogens with one attached hydrogen (secondary N) is 1. The molecule has 0 radical (unpaired) electrons. The van der Waals surface area contributed by atoms with Gasteiger partial charge in [-0.1, -0.05) is 24.3 Å². The van der Waals surface area contributed by atoms with Crippen molar-refractivity contribution < 1.29 is 9.53 Å². The van der Waals surface area contributed by atoms with Crippen LogP contribution in [-0.4, -0.2) is 24.1 Å². The van der Waals surface area contributed by atoms with E-state index in [9.17, 15) is 4.79 Å². The molecule has 0 atom stereocenters. The van der Waals surface area contributed by atoms with Crippen LogP contribution >= 0.6 is 0 Å². The molecule has 2 aromatic carbocycles. The summed E-state index contributed by atoms with van der Waals surface area (Å²) in [4.78, 5) is 12.1. The zero-order chi connectivity index (χ0) is 15.4. The van der Waals surface area contributed by atoms with Gasteiger partial charge in [0.15, 0.2) is 0 Å². The molecule has 0 aliphatic rings. The molecule has 0 fully saturated rings. The normalized spacial score (nSPS) is 10.6. The minimum absolute atomic E-state index is 0.0876. The summed E-state index contributed by atoms with van der Waals surface area (Å²) in [5.41, 5.74) is 1.79. The Bertz CT molecular complexity index is 792. The van der Waals surface area contributed by atoms with Gasteiger partial charge in [0.1, 0.15) is 5.75 Å². The lowest BCUT2D eigenvalue weighted by Crippen LogP contribution is -2.27. The maximum atomic E-state index is 12.1. The molecule has 4 heteroatoms. The van der Waals surface area contributed by atoms with Gasteiger partial charge >= 0.3 is 0 Å². The van der Waals surface area contributed by atoms with Crippen molar-refractivity contribution in [1.29, 1.82) is 0 Å². The summed E-state index contributed by atoms with van der Waals surface area (Å²) < 4.78 is 7.27. The maximum Gasteiger partial charge on any atom is 0.251 e. The van der Waals surface area contributed by atoms with E-state index < -0.39 is 0 Å². The largest absolute Gasteiger partial charge is 0.497 e. The van der Waals surface area contributed by atoms with E-state index >= 15 is 0 Å². The van der Waals surface area contributed by atoms with Gasteiger partial charge in [0.05, 0.1) is 7.11 Å². The second-order valence-corrected chi connectivity index (χ2v) is 5.06. The van der Waals surface area contributed by atoms with Gasteiger partial charge in [-0.15, -0.1) is 0 Å². The number of carbonyl (C=O) groups is 1. The molecule has 3 aromatic rings. The van der Waals surface area contributed by atoms with Crippen LogP contribution in [0, 0.1) is 0 Å². The minimum Gasteiger partial charge on any atom is -0.497 e. The molecule has 0 saturated heterocycles. The van der Waals surface area contributed by atoms with Crippen molar-refractivity contribution in [3.05, 3.63) is 66.4 Å². The molecule has 1 heterocycles. The predicted molar refractivity (Wildman–Crippen MR) is 87.3 cm³/mol. The highest BCUT2D eigenvalue weighted by Crippen LogP contribution is 2.15. The highest BCUT2D eigenvalue weighted by atomic mass is 16.5. The molecule has 0 aliphatic heterocycles. The Morgan fingerprint density at radius 3 is 2.86 bits per heavy atom. The van der Waals surface area contributed by atoms with E-state index in [-0.39, 0.29) is 5.91 Å². The smallest absolute Gasteiger partial charge is 0.251 e. The molecule has 0 bridgehead atoms. The predicted octanol–water partition coefficient (Wildman–Crippen LogP) is 3.08. The Morgan fingerprint density at radius 1 is 1.14 bits per heavy atom. The van der Waals surface area contributed by atoms with E-state index in [1.165, 1.54) is 10.9 Å². The zero-order valence-corrected chi connectivity index (χ0v) is 12.5. The number of rotatable bonds is 5. The second-order valence-electron chi connectivity index (χ2n) is 5.06. The van der Waals surface area contributed by atoms with E-state index in [1.54, 1.807) is 19.2 Å². The molecule has 4 nitrogen and oxygen atoms in total. The van der Waals surface area contributed by atoms with Crippen LogP contribution in [0.5, 0.6) is 5.75 Å². The number of carbonyl (C=O) groups excluding carboxylic acids is 1. The van der Waals surface area contributed by atoms with Gasteiger partial charge < -0.3 is 14.6 Å². The molecule has 112 valence electrons. The Hall–Kier alpha value is -2.75. The number of hydrogen-bond donors (Lipinski definition) is 1. The molecule has 1 amide bonds. The molecule has 0 unspecified atom stereocenters. The molecular formula is C18H18N2O2. The highest BCUT2D eigenvalue weighted by molar-refractivity contribution is 5.94. The zero-order valence-electron chi connectivity index (χ0n) is 12.5.